The zero-order valence-corrected chi connectivity index (χ0v) is 21.8. The van der Waals surface area contributed by atoms with Gasteiger partial charge in [0, 0.05) is 30.2 Å². The first-order valence-electron chi connectivity index (χ1n) is 11.0. The van der Waals surface area contributed by atoms with E-state index in [1.54, 1.807) is 30.8 Å². The number of methoxy groups -OCH3 is 1. The summed E-state index contributed by atoms with van der Waals surface area (Å²) >= 11 is 5.00. The molecule has 0 heterocycles. The zero-order valence-electron chi connectivity index (χ0n) is 19.4. The first-order chi connectivity index (χ1) is 16.5. The first kappa shape index (κ1) is 25.8. The Labute approximate surface area is 214 Å². The molecule has 0 saturated carbocycles. The zero-order chi connectivity index (χ0) is 24.3. The number of hydrogen-bond donors (Lipinski definition) is 1. The molecule has 34 heavy (non-hydrogen) atoms. The van der Waals surface area contributed by atoms with Crippen LogP contribution < -0.4 is 10.1 Å². The van der Waals surface area contributed by atoms with Gasteiger partial charge in [-0.3, -0.25) is 9.59 Å². The minimum Gasteiger partial charge on any atom is -0.497 e. The van der Waals surface area contributed by atoms with Crippen molar-refractivity contribution in [3.8, 4) is 5.75 Å². The summed E-state index contributed by atoms with van der Waals surface area (Å²) in [6, 6.07) is 24.9. The fourth-order valence-electron chi connectivity index (χ4n) is 3.57. The SMILES string of the molecule is CNC(=O)[C@@H](Cc1ccccc1)N(Cc1ccc(Br)cc1)C(=O)CSCc1ccc(OC)cc1. The smallest absolute Gasteiger partial charge is 0.242 e. The summed E-state index contributed by atoms with van der Waals surface area (Å²) < 4.78 is 6.18. The lowest BCUT2D eigenvalue weighted by Gasteiger charge is -2.31. The number of carbonyl (C=O) groups is 2. The van der Waals surface area contributed by atoms with Gasteiger partial charge in [-0.15, -0.1) is 11.8 Å². The van der Waals surface area contributed by atoms with Crippen LogP contribution in [0.4, 0.5) is 0 Å². The van der Waals surface area contributed by atoms with E-state index in [4.69, 9.17) is 4.74 Å². The molecule has 1 atom stereocenters. The molecule has 0 bridgehead atoms. The van der Waals surface area contributed by atoms with Gasteiger partial charge in [0.25, 0.3) is 0 Å². The summed E-state index contributed by atoms with van der Waals surface area (Å²) in [5, 5.41) is 2.75. The largest absolute Gasteiger partial charge is 0.497 e. The van der Waals surface area contributed by atoms with Crippen molar-refractivity contribution in [2.45, 2.75) is 24.8 Å². The Bertz CT molecular complexity index is 1060. The van der Waals surface area contributed by atoms with Crippen molar-refractivity contribution in [1.82, 2.24) is 10.2 Å². The number of nitrogens with zero attached hydrogens (tertiary/aromatic N) is 1. The monoisotopic (exact) mass is 540 g/mol. The molecule has 0 aliphatic heterocycles. The molecule has 0 spiro atoms. The summed E-state index contributed by atoms with van der Waals surface area (Å²) in [5.41, 5.74) is 3.10. The molecular weight excluding hydrogens is 512 g/mol. The Hall–Kier alpha value is -2.77. The molecule has 0 saturated heterocycles. The summed E-state index contributed by atoms with van der Waals surface area (Å²) in [7, 11) is 3.25. The van der Waals surface area contributed by atoms with Crippen molar-refractivity contribution in [2.24, 2.45) is 0 Å². The molecule has 3 aromatic rings. The molecule has 1 N–H and O–H groups in total. The molecule has 0 aliphatic rings. The van der Waals surface area contributed by atoms with Gasteiger partial charge in [-0.05, 0) is 41.0 Å². The number of ether oxygens (including phenoxy) is 1. The molecule has 0 aliphatic carbocycles. The summed E-state index contributed by atoms with van der Waals surface area (Å²) in [5.74, 6) is 1.55. The number of amides is 2. The lowest BCUT2D eigenvalue weighted by molar-refractivity contribution is -0.139. The molecule has 2 amide bonds. The third-order valence-corrected chi connectivity index (χ3v) is 6.95. The van der Waals surface area contributed by atoms with Crippen LogP contribution in [0.2, 0.25) is 0 Å². The third kappa shape index (κ3) is 7.64. The Balaban J connectivity index is 1.77. The van der Waals surface area contributed by atoms with Gasteiger partial charge in [-0.25, -0.2) is 0 Å². The minimum absolute atomic E-state index is 0.0639. The van der Waals surface area contributed by atoms with Gasteiger partial charge < -0.3 is 15.0 Å². The van der Waals surface area contributed by atoms with Gasteiger partial charge in [0.1, 0.15) is 11.8 Å². The molecule has 0 radical (unpaired) electrons. The average Bonchev–Trinajstić information content (AvgIpc) is 2.87. The van der Waals surface area contributed by atoms with Crippen LogP contribution in [0.25, 0.3) is 0 Å². The van der Waals surface area contributed by atoms with E-state index in [2.05, 4.69) is 21.2 Å². The van der Waals surface area contributed by atoms with E-state index >= 15 is 0 Å². The highest BCUT2D eigenvalue weighted by atomic mass is 79.9. The molecule has 3 aromatic carbocycles. The molecule has 0 fully saturated rings. The maximum absolute atomic E-state index is 13.5. The number of halogens is 1. The summed E-state index contributed by atoms with van der Waals surface area (Å²) in [6.07, 6.45) is 0.450. The van der Waals surface area contributed by atoms with Gasteiger partial charge in [-0.1, -0.05) is 70.5 Å². The molecule has 178 valence electrons. The van der Waals surface area contributed by atoms with Crippen molar-refractivity contribution < 1.29 is 14.3 Å². The number of carbonyl (C=O) groups excluding carboxylic acids is 2. The van der Waals surface area contributed by atoms with Crippen LogP contribution in [0, 0.1) is 0 Å². The van der Waals surface area contributed by atoms with E-state index in [-0.39, 0.29) is 17.6 Å². The van der Waals surface area contributed by atoms with E-state index in [1.807, 2.05) is 78.9 Å². The molecule has 5 nitrogen and oxygen atoms in total. The number of benzene rings is 3. The van der Waals surface area contributed by atoms with Crippen molar-refractivity contribution in [3.63, 3.8) is 0 Å². The molecule has 3 rings (SSSR count). The topological polar surface area (TPSA) is 58.6 Å². The number of thioether (sulfide) groups is 1. The van der Waals surface area contributed by atoms with Gasteiger partial charge in [0.2, 0.25) is 11.8 Å². The van der Waals surface area contributed by atoms with E-state index in [0.29, 0.717) is 18.7 Å². The van der Waals surface area contributed by atoms with Crippen molar-refractivity contribution in [3.05, 3.63) is 100 Å². The van der Waals surface area contributed by atoms with Crippen LogP contribution >= 0.6 is 27.7 Å². The van der Waals surface area contributed by atoms with Gasteiger partial charge >= 0.3 is 0 Å². The predicted octanol–water partition coefficient (Wildman–Crippen LogP) is 5.08. The Morgan fingerprint density at radius 2 is 1.59 bits per heavy atom. The maximum Gasteiger partial charge on any atom is 0.242 e. The number of hydrogen-bond acceptors (Lipinski definition) is 4. The fraction of sp³-hybridized carbons (Fsp3) is 0.259. The maximum atomic E-state index is 13.5. The van der Waals surface area contributed by atoms with Crippen LogP contribution in [-0.2, 0) is 28.3 Å². The number of nitrogens with one attached hydrogen (secondary N) is 1. The predicted molar refractivity (Wildman–Crippen MR) is 142 cm³/mol. The fourth-order valence-corrected chi connectivity index (χ4v) is 4.70. The molecule has 0 aromatic heterocycles. The Kier molecular flexibility index (Phi) is 10.0. The van der Waals surface area contributed by atoms with E-state index in [0.717, 1.165) is 26.9 Å². The number of rotatable bonds is 11. The van der Waals surface area contributed by atoms with Gasteiger partial charge in [-0.2, -0.15) is 0 Å². The Morgan fingerprint density at radius 3 is 2.21 bits per heavy atom. The van der Waals surface area contributed by atoms with Crippen LogP contribution in [0.3, 0.4) is 0 Å². The normalized spacial score (nSPS) is 11.5. The van der Waals surface area contributed by atoms with Crippen LogP contribution in [0.5, 0.6) is 5.75 Å². The lowest BCUT2D eigenvalue weighted by Crippen LogP contribution is -2.50. The first-order valence-corrected chi connectivity index (χ1v) is 12.9. The van der Waals surface area contributed by atoms with E-state index in [1.165, 1.54) is 0 Å². The van der Waals surface area contributed by atoms with Crippen LogP contribution in [0.15, 0.2) is 83.3 Å². The van der Waals surface area contributed by atoms with Crippen LogP contribution in [-0.4, -0.2) is 42.7 Å². The Morgan fingerprint density at radius 1 is 0.941 bits per heavy atom. The van der Waals surface area contributed by atoms with Gasteiger partial charge in [0.15, 0.2) is 0 Å². The van der Waals surface area contributed by atoms with Crippen molar-refractivity contribution in [2.75, 3.05) is 19.9 Å². The number of likely N-dealkylation sites (N-methyl/N-ethyl adjacent to an activating group) is 1. The van der Waals surface area contributed by atoms with Crippen molar-refractivity contribution >= 4 is 39.5 Å². The molecule has 0 unspecified atom stereocenters. The van der Waals surface area contributed by atoms with E-state index in [9.17, 15) is 9.59 Å². The van der Waals surface area contributed by atoms with Crippen molar-refractivity contribution in [1.29, 1.82) is 0 Å². The lowest BCUT2D eigenvalue weighted by atomic mass is 10.0. The average molecular weight is 542 g/mol. The summed E-state index contributed by atoms with van der Waals surface area (Å²) in [4.78, 5) is 28.1. The summed E-state index contributed by atoms with van der Waals surface area (Å²) in [6.45, 7) is 0.361. The second-order valence-electron chi connectivity index (χ2n) is 7.81. The molecular formula is C27H29BrN2O3S. The second kappa shape index (κ2) is 13.2. The standard InChI is InChI=1S/C27H29BrN2O3S/c1-29-27(32)25(16-20-6-4-3-5-7-20)30(17-21-8-12-23(28)13-9-21)26(31)19-34-18-22-10-14-24(33-2)15-11-22/h3-15,25H,16-19H2,1-2H3,(H,29,32)/t25-/m1/s1. The third-order valence-electron chi connectivity index (χ3n) is 5.44. The highest BCUT2D eigenvalue weighted by Crippen LogP contribution is 2.20. The second-order valence-corrected chi connectivity index (χ2v) is 9.71. The molecule has 7 heteroatoms. The van der Waals surface area contributed by atoms with Gasteiger partial charge in [0.05, 0.1) is 12.9 Å². The highest BCUT2D eigenvalue weighted by Gasteiger charge is 2.29. The highest BCUT2D eigenvalue weighted by molar-refractivity contribution is 9.10. The van der Waals surface area contributed by atoms with Crippen LogP contribution in [0.1, 0.15) is 16.7 Å². The quantitative estimate of drug-likeness (QED) is 0.368. The van der Waals surface area contributed by atoms with E-state index < -0.39 is 6.04 Å². The minimum atomic E-state index is -0.606.